The van der Waals surface area contributed by atoms with Gasteiger partial charge < -0.3 is 15.0 Å². The lowest BCUT2D eigenvalue weighted by Crippen LogP contribution is -2.34. The minimum Gasteiger partial charge on any atom is -0.490 e. The van der Waals surface area contributed by atoms with Crippen molar-refractivity contribution >= 4 is 11.0 Å². The van der Waals surface area contributed by atoms with E-state index in [1.54, 1.807) is 0 Å². The van der Waals surface area contributed by atoms with Gasteiger partial charge in [-0.25, -0.2) is 4.98 Å². The normalized spacial score (nSPS) is 14.4. The first kappa shape index (κ1) is 21.6. The highest BCUT2D eigenvalue weighted by atomic mass is 16.5. The Hall–Kier alpha value is -3.90. The van der Waals surface area contributed by atoms with E-state index in [4.69, 9.17) is 9.72 Å². The maximum atomic E-state index is 6.26. The van der Waals surface area contributed by atoms with Crippen LogP contribution in [-0.4, -0.2) is 38.9 Å². The van der Waals surface area contributed by atoms with Crippen LogP contribution in [0.5, 0.6) is 5.75 Å². The molecule has 6 rings (SSSR count). The van der Waals surface area contributed by atoms with Crippen molar-refractivity contribution in [3.8, 4) is 28.0 Å². The molecule has 0 unspecified atom stereocenters. The maximum Gasteiger partial charge on any atom is 0.137 e. The van der Waals surface area contributed by atoms with Gasteiger partial charge in [-0.05, 0) is 61.7 Å². The summed E-state index contributed by atoms with van der Waals surface area (Å²) in [5, 5.41) is 9.09. The van der Waals surface area contributed by atoms with Gasteiger partial charge in [-0.1, -0.05) is 42.5 Å². The third-order valence-electron chi connectivity index (χ3n) is 6.70. The number of nitrogens with one attached hydrogen (secondary N) is 2. The van der Waals surface area contributed by atoms with Crippen LogP contribution < -0.4 is 10.1 Å². The van der Waals surface area contributed by atoms with Crippen molar-refractivity contribution in [2.45, 2.75) is 31.9 Å². The number of rotatable bonds is 7. The summed E-state index contributed by atoms with van der Waals surface area (Å²) < 4.78 is 8.28. The van der Waals surface area contributed by atoms with E-state index in [0.29, 0.717) is 0 Å². The summed E-state index contributed by atoms with van der Waals surface area (Å²) in [5.74, 6) is 0.920. The molecular formula is C29H29N5O. The Morgan fingerprint density at radius 2 is 1.80 bits per heavy atom. The third kappa shape index (κ3) is 4.84. The SMILES string of the molecule is c1ccc(CCn2cc(-c3c[nH]c4ncc(-c5cccc(OC6CCNCC6)c5)cc34)cn2)cc1. The predicted molar refractivity (Wildman–Crippen MR) is 139 cm³/mol. The van der Waals surface area contributed by atoms with Crippen molar-refractivity contribution in [2.24, 2.45) is 0 Å². The van der Waals surface area contributed by atoms with Crippen LogP contribution in [0.4, 0.5) is 0 Å². The van der Waals surface area contributed by atoms with Gasteiger partial charge in [-0.15, -0.1) is 0 Å². The van der Waals surface area contributed by atoms with Gasteiger partial charge in [0.2, 0.25) is 0 Å². The van der Waals surface area contributed by atoms with Crippen molar-refractivity contribution in [2.75, 3.05) is 13.1 Å². The molecule has 35 heavy (non-hydrogen) atoms. The molecule has 1 aliphatic rings. The molecule has 1 fully saturated rings. The molecule has 0 aliphatic carbocycles. The van der Waals surface area contributed by atoms with Gasteiger partial charge in [0.1, 0.15) is 17.5 Å². The van der Waals surface area contributed by atoms with Crippen LogP contribution in [0.25, 0.3) is 33.3 Å². The number of piperidine rings is 1. The van der Waals surface area contributed by atoms with E-state index in [2.05, 4.69) is 70.1 Å². The highest BCUT2D eigenvalue weighted by molar-refractivity contribution is 5.95. The average molecular weight is 464 g/mol. The first-order chi connectivity index (χ1) is 17.3. The molecule has 0 atom stereocenters. The Morgan fingerprint density at radius 1 is 0.914 bits per heavy atom. The third-order valence-corrected chi connectivity index (χ3v) is 6.70. The number of aromatic amines is 1. The quantitative estimate of drug-likeness (QED) is 0.336. The molecule has 0 spiro atoms. The molecular weight excluding hydrogens is 434 g/mol. The van der Waals surface area contributed by atoms with Crippen LogP contribution in [0, 0.1) is 0 Å². The zero-order valence-electron chi connectivity index (χ0n) is 19.7. The number of hydrogen-bond acceptors (Lipinski definition) is 4. The summed E-state index contributed by atoms with van der Waals surface area (Å²) in [6, 6.07) is 21.1. The fourth-order valence-electron chi connectivity index (χ4n) is 4.77. The van der Waals surface area contributed by atoms with Crippen molar-refractivity contribution in [3.63, 3.8) is 0 Å². The first-order valence-electron chi connectivity index (χ1n) is 12.3. The minimum absolute atomic E-state index is 0.279. The van der Waals surface area contributed by atoms with Crippen LogP contribution in [0.3, 0.4) is 0 Å². The van der Waals surface area contributed by atoms with Crippen LogP contribution >= 0.6 is 0 Å². The van der Waals surface area contributed by atoms with E-state index in [-0.39, 0.29) is 6.10 Å². The smallest absolute Gasteiger partial charge is 0.137 e. The lowest BCUT2D eigenvalue weighted by atomic mass is 10.0. The number of nitrogens with zero attached hydrogens (tertiary/aromatic N) is 3. The zero-order chi connectivity index (χ0) is 23.5. The fourth-order valence-corrected chi connectivity index (χ4v) is 4.77. The Kier molecular flexibility index (Phi) is 6.03. The van der Waals surface area contributed by atoms with Crippen molar-refractivity contribution < 1.29 is 4.74 Å². The number of aryl methyl sites for hydroxylation is 2. The van der Waals surface area contributed by atoms with Gasteiger partial charge in [-0.2, -0.15) is 5.10 Å². The maximum absolute atomic E-state index is 6.26. The lowest BCUT2D eigenvalue weighted by molar-refractivity contribution is 0.162. The number of fused-ring (bicyclic) bond motifs is 1. The fraction of sp³-hybridized carbons (Fsp3) is 0.241. The molecule has 0 radical (unpaired) electrons. The highest BCUT2D eigenvalue weighted by Gasteiger charge is 2.15. The molecule has 1 aliphatic heterocycles. The van der Waals surface area contributed by atoms with E-state index >= 15 is 0 Å². The standard InChI is InChI=1S/C29H29N5O/c1-2-5-21(6-3-1)11-14-34-20-24(18-33-34)28-19-32-29-27(28)16-23(17-31-29)22-7-4-8-26(15-22)35-25-9-12-30-13-10-25/h1-8,15-20,25,30H,9-14H2,(H,31,32). The molecule has 0 bridgehead atoms. The second-order valence-corrected chi connectivity index (χ2v) is 9.15. The van der Waals surface area contributed by atoms with Gasteiger partial charge in [0, 0.05) is 47.2 Å². The van der Waals surface area contributed by atoms with Gasteiger partial charge >= 0.3 is 0 Å². The molecule has 1 saturated heterocycles. The van der Waals surface area contributed by atoms with Crippen molar-refractivity contribution in [3.05, 3.63) is 91.0 Å². The Bertz CT molecular complexity index is 1420. The van der Waals surface area contributed by atoms with Gasteiger partial charge in [0.05, 0.1) is 6.20 Å². The Morgan fingerprint density at radius 3 is 2.69 bits per heavy atom. The molecule has 5 aromatic rings. The summed E-state index contributed by atoms with van der Waals surface area (Å²) in [6.45, 7) is 2.88. The zero-order valence-corrected chi connectivity index (χ0v) is 19.7. The van der Waals surface area contributed by atoms with E-state index in [1.807, 2.05) is 35.4 Å². The molecule has 2 N–H and O–H groups in total. The van der Waals surface area contributed by atoms with Gasteiger partial charge in [0.15, 0.2) is 0 Å². The monoisotopic (exact) mass is 463 g/mol. The van der Waals surface area contributed by atoms with Crippen LogP contribution in [0.1, 0.15) is 18.4 Å². The number of benzene rings is 2. The van der Waals surface area contributed by atoms with Crippen LogP contribution in [0.15, 0.2) is 85.5 Å². The largest absolute Gasteiger partial charge is 0.490 e. The molecule has 0 saturated carbocycles. The average Bonchev–Trinajstić information content (AvgIpc) is 3.55. The van der Waals surface area contributed by atoms with Crippen molar-refractivity contribution in [1.29, 1.82) is 0 Å². The summed E-state index contributed by atoms with van der Waals surface area (Å²) >= 11 is 0. The Labute approximate surface area is 205 Å². The van der Waals surface area contributed by atoms with E-state index in [1.165, 1.54) is 5.56 Å². The second kappa shape index (κ2) is 9.76. The number of ether oxygens (including phenoxy) is 1. The first-order valence-corrected chi connectivity index (χ1v) is 12.3. The van der Waals surface area contributed by atoms with E-state index < -0.39 is 0 Å². The molecule has 6 nitrogen and oxygen atoms in total. The molecule has 2 aromatic carbocycles. The van der Waals surface area contributed by atoms with Gasteiger partial charge in [-0.3, -0.25) is 4.68 Å². The highest BCUT2D eigenvalue weighted by Crippen LogP contribution is 2.32. The van der Waals surface area contributed by atoms with E-state index in [0.717, 1.165) is 77.9 Å². The lowest BCUT2D eigenvalue weighted by Gasteiger charge is -2.24. The molecule has 0 amide bonds. The molecule has 176 valence electrons. The van der Waals surface area contributed by atoms with Crippen LogP contribution in [-0.2, 0) is 13.0 Å². The number of hydrogen-bond donors (Lipinski definition) is 2. The second-order valence-electron chi connectivity index (χ2n) is 9.15. The van der Waals surface area contributed by atoms with Crippen LogP contribution in [0.2, 0.25) is 0 Å². The van der Waals surface area contributed by atoms with Crippen molar-refractivity contribution in [1.82, 2.24) is 25.1 Å². The number of pyridine rings is 1. The van der Waals surface area contributed by atoms with E-state index in [9.17, 15) is 0 Å². The number of H-pyrrole nitrogens is 1. The summed E-state index contributed by atoms with van der Waals surface area (Å²) in [5.41, 5.74) is 6.58. The number of aromatic nitrogens is 4. The summed E-state index contributed by atoms with van der Waals surface area (Å²) in [4.78, 5) is 8.02. The topological polar surface area (TPSA) is 67.8 Å². The summed E-state index contributed by atoms with van der Waals surface area (Å²) in [6.07, 6.45) is 11.3. The minimum atomic E-state index is 0.279. The Balaban J connectivity index is 1.23. The molecule has 6 heteroatoms. The molecule has 3 aromatic heterocycles. The van der Waals surface area contributed by atoms with Gasteiger partial charge in [0.25, 0.3) is 0 Å². The molecule has 4 heterocycles. The summed E-state index contributed by atoms with van der Waals surface area (Å²) in [7, 11) is 0. The predicted octanol–water partition coefficient (Wildman–Crippen LogP) is 5.47.